The molecule has 1 atom stereocenters. The van der Waals surface area contributed by atoms with Gasteiger partial charge in [-0.15, -0.1) is 0 Å². The maximum atomic E-state index is 3.57. The highest BCUT2D eigenvalue weighted by Crippen LogP contribution is 2.26. The van der Waals surface area contributed by atoms with Gasteiger partial charge in [-0.1, -0.05) is 27.7 Å². The van der Waals surface area contributed by atoms with Crippen molar-refractivity contribution >= 4 is 0 Å². The molecule has 0 amide bonds. The molecule has 0 aromatic rings. The van der Waals surface area contributed by atoms with Gasteiger partial charge in [0.1, 0.15) is 0 Å². The van der Waals surface area contributed by atoms with Crippen LogP contribution in [0.3, 0.4) is 0 Å². The first-order chi connectivity index (χ1) is 5.97. The Morgan fingerprint density at radius 3 is 2.38 bits per heavy atom. The second kappa shape index (κ2) is 4.45. The van der Waals surface area contributed by atoms with Crippen LogP contribution in [0.1, 0.15) is 53.4 Å². The summed E-state index contributed by atoms with van der Waals surface area (Å²) in [6.45, 7) is 10.6. The summed E-state index contributed by atoms with van der Waals surface area (Å²) in [4.78, 5) is 0. The lowest BCUT2D eigenvalue weighted by Gasteiger charge is -2.23. The minimum atomic E-state index is 0.499. The molecule has 1 aliphatic carbocycles. The molecule has 1 fully saturated rings. The lowest BCUT2D eigenvalue weighted by molar-refractivity contribution is 0.294. The number of nitrogens with one attached hydrogen (secondary N) is 1. The maximum Gasteiger partial charge on any atom is 0.00682 e. The van der Waals surface area contributed by atoms with Gasteiger partial charge >= 0.3 is 0 Å². The summed E-state index contributed by atoms with van der Waals surface area (Å²) < 4.78 is 0. The van der Waals surface area contributed by atoms with E-state index in [-0.39, 0.29) is 0 Å². The van der Waals surface area contributed by atoms with Gasteiger partial charge in [0.2, 0.25) is 0 Å². The van der Waals surface area contributed by atoms with Crippen LogP contribution in [-0.2, 0) is 0 Å². The maximum absolute atomic E-state index is 3.57. The van der Waals surface area contributed by atoms with Gasteiger partial charge in [-0.25, -0.2) is 0 Å². The molecule has 0 aromatic carbocycles. The third-order valence-corrected chi connectivity index (χ3v) is 2.61. The van der Waals surface area contributed by atoms with Crippen LogP contribution in [0.2, 0.25) is 0 Å². The van der Waals surface area contributed by atoms with E-state index in [9.17, 15) is 0 Å². The average Bonchev–Trinajstić information content (AvgIpc) is 2.66. The van der Waals surface area contributed by atoms with Gasteiger partial charge in [0.05, 0.1) is 0 Å². The van der Waals surface area contributed by atoms with Gasteiger partial charge in [0, 0.05) is 6.04 Å². The summed E-state index contributed by atoms with van der Waals surface area (Å²) in [6.07, 6.45) is 5.51. The molecule has 1 saturated carbocycles. The Kier molecular flexibility index (Phi) is 3.78. The van der Waals surface area contributed by atoms with Crippen LogP contribution in [0.4, 0.5) is 0 Å². The van der Waals surface area contributed by atoms with Crippen molar-refractivity contribution in [3.05, 3.63) is 0 Å². The van der Waals surface area contributed by atoms with Crippen molar-refractivity contribution in [3.8, 4) is 0 Å². The highest BCUT2D eigenvalue weighted by Gasteiger charge is 2.20. The minimum Gasteiger partial charge on any atom is -0.314 e. The van der Waals surface area contributed by atoms with E-state index in [4.69, 9.17) is 0 Å². The molecule has 0 radical (unpaired) electrons. The Morgan fingerprint density at radius 1 is 1.31 bits per heavy atom. The van der Waals surface area contributed by atoms with Gasteiger partial charge in [0.15, 0.2) is 0 Å². The second-order valence-electron chi connectivity index (χ2n) is 5.89. The van der Waals surface area contributed by atoms with Gasteiger partial charge < -0.3 is 5.32 Å². The average molecular weight is 183 g/mol. The SMILES string of the molecule is CC(CCNC1CC1)CC(C)(C)C. The number of rotatable bonds is 5. The number of hydrogen-bond acceptors (Lipinski definition) is 1. The first kappa shape index (κ1) is 11.0. The zero-order valence-corrected chi connectivity index (χ0v) is 9.69. The van der Waals surface area contributed by atoms with Gasteiger partial charge in [-0.3, -0.25) is 0 Å². The topological polar surface area (TPSA) is 12.0 Å². The predicted molar refractivity (Wildman–Crippen MR) is 58.9 cm³/mol. The first-order valence-corrected chi connectivity index (χ1v) is 5.71. The molecule has 0 spiro atoms. The summed E-state index contributed by atoms with van der Waals surface area (Å²) >= 11 is 0. The zero-order valence-electron chi connectivity index (χ0n) is 9.69. The Hall–Kier alpha value is -0.0400. The Labute approximate surface area is 83.3 Å². The summed E-state index contributed by atoms with van der Waals surface area (Å²) in [6, 6.07) is 0.877. The smallest absolute Gasteiger partial charge is 0.00682 e. The summed E-state index contributed by atoms with van der Waals surface area (Å²) in [7, 11) is 0. The molecule has 1 heteroatoms. The lowest BCUT2D eigenvalue weighted by atomic mass is 9.84. The van der Waals surface area contributed by atoms with Gasteiger partial charge in [0.25, 0.3) is 0 Å². The fourth-order valence-electron chi connectivity index (χ4n) is 1.97. The zero-order chi connectivity index (χ0) is 9.90. The second-order valence-corrected chi connectivity index (χ2v) is 5.89. The summed E-state index contributed by atoms with van der Waals surface area (Å²) in [5, 5.41) is 3.57. The molecule has 1 rings (SSSR count). The summed E-state index contributed by atoms with van der Waals surface area (Å²) in [5.41, 5.74) is 0.499. The third kappa shape index (κ3) is 6.09. The Bertz CT molecular complexity index is 142. The molecule has 0 bridgehead atoms. The largest absolute Gasteiger partial charge is 0.314 e. The summed E-state index contributed by atoms with van der Waals surface area (Å²) in [5.74, 6) is 0.867. The molecular formula is C12H25N. The first-order valence-electron chi connectivity index (χ1n) is 5.71. The lowest BCUT2D eigenvalue weighted by Crippen LogP contribution is -2.21. The molecule has 0 heterocycles. The molecule has 1 N–H and O–H groups in total. The Morgan fingerprint density at radius 2 is 1.92 bits per heavy atom. The fraction of sp³-hybridized carbons (Fsp3) is 1.00. The minimum absolute atomic E-state index is 0.499. The van der Waals surface area contributed by atoms with Crippen LogP contribution in [0.5, 0.6) is 0 Å². The van der Waals surface area contributed by atoms with E-state index in [0.29, 0.717) is 5.41 Å². The third-order valence-electron chi connectivity index (χ3n) is 2.61. The van der Waals surface area contributed by atoms with Crippen LogP contribution < -0.4 is 5.32 Å². The van der Waals surface area contributed by atoms with Crippen molar-refractivity contribution < 1.29 is 0 Å². The molecule has 78 valence electrons. The number of hydrogen-bond donors (Lipinski definition) is 1. The normalized spacial score (nSPS) is 20.3. The van der Waals surface area contributed by atoms with E-state index in [1.165, 1.54) is 32.2 Å². The highest BCUT2D eigenvalue weighted by molar-refractivity contribution is 4.80. The van der Waals surface area contributed by atoms with Crippen LogP contribution >= 0.6 is 0 Å². The van der Waals surface area contributed by atoms with E-state index in [1.807, 2.05) is 0 Å². The van der Waals surface area contributed by atoms with Crippen LogP contribution in [-0.4, -0.2) is 12.6 Å². The molecule has 1 unspecified atom stereocenters. The van der Waals surface area contributed by atoms with E-state index in [1.54, 1.807) is 0 Å². The molecule has 1 aliphatic rings. The van der Waals surface area contributed by atoms with Crippen LogP contribution in [0.25, 0.3) is 0 Å². The molecule has 0 aliphatic heterocycles. The Balaban J connectivity index is 1.99. The van der Waals surface area contributed by atoms with E-state index < -0.39 is 0 Å². The van der Waals surface area contributed by atoms with Crippen molar-refractivity contribution in [1.29, 1.82) is 0 Å². The van der Waals surface area contributed by atoms with Crippen molar-refractivity contribution in [1.82, 2.24) is 5.32 Å². The molecule has 13 heavy (non-hydrogen) atoms. The molecular weight excluding hydrogens is 158 g/mol. The standard InChI is InChI=1S/C12H25N/c1-10(9-12(2,3)4)7-8-13-11-5-6-11/h10-11,13H,5-9H2,1-4H3. The van der Waals surface area contributed by atoms with Crippen LogP contribution in [0.15, 0.2) is 0 Å². The van der Waals surface area contributed by atoms with Crippen LogP contribution in [0, 0.1) is 11.3 Å². The molecule has 0 saturated heterocycles. The van der Waals surface area contributed by atoms with Crippen molar-refractivity contribution in [2.45, 2.75) is 59.4 Å². The van der Waals surface area contributed by atoms with Crippen molar-refractivity contribution in [3.63, 3.8) is 0 Å². The quantitative estimate of drug-likeness (QED) is 0.690. The van der Waals surface area contributed by atoms with Gasteiger partial charge in [-0.05, 0) is 43.6 Å². The fourth-order valence-corrected chi connectivity index (χ4v) is 1.97. The van der Waals surface area contributed by atoms with E-state index >= 15 is 0 Å². The van der Waals surface area contributed by atoms with E-state index in [2.05, 4.69) is 33.0 Å². The molecule has 0 aromatic heterocycles. The highest BCUT2D eigenvalue weighted by atomic mass is 14.9. The molecule has 1 nitrogen and oxygen atoms in total. The van der Waals surface area contributed by atoms with Crippen molar-refractivity contribution in [2.75, 3.05) is 6.54 Å². The monoisotopic (exact) mass is 183 g/mol. The van der Waals surface area contributed by atoms with E-state index in [0.717, 1.165) is 12.0 Å². The predicted octanol–water partition coefficient (Wildman–Crippen LogP) is 3.20. The van der Waals surface area contributed by atoms with Gasteiger partial charge in [-0.2, -0.15) is 0 Å². The van der Waals surface area contributed by atoms with Crippen molar-refractivity contribution in [2.24, 2.45) is 11.3 Å².